The summed E-state index contributed by atoms with van der Waals surface area (Å²) in [5.74, 6) is 0.304. The van der Waals surface area contributed by atoms with Gasteiger partial charge in [-0.15, -0.1) is 0 Å². The third-order valence-electron chi connectivity index (χ3n) is 5.59. The van der Waals surface area contributed by atoms with Gasteiger partial charge in [-0.1, -0.05) is 35.9 Å². The number of nitrogens with one attached hydrogen (secondary N) is 1. The first-order valence-corrected chi connectivity index (χ1v) is 10.7. The Morgan fingerprint density at radius 2 is 1.90 bits per heavy atom. The van der Waals surface area contributed by atoms with Gasteiger partial charge in [0.25, 0.3) is 0 Å². The molecule has 0 bridgehead atoms. The SMILES string of the molecule is OCCc1cc(C(O)c2ccc(Cl)cc2)ccc1N1CCC(Nc2ccc(F)cn2)C1. The Labute approximate surface area is 186 Å². The molecule has 3 aromatic rings. The first kappa shape index (κ1) is 21.6. The molecule has 3 N–H and O–H groups in total. The second-order valence-corrected chi connectivity index (χ2v) is 8.19. The summed E-state index contributed by atoms with van der Waals surface area (Å²) in [6, 6.07) is 16.3. The van der Waals surface area contributed by atoms with Crippen molar-refractivity contribution in [2.75, 3.05) is 29.9 Å². The Kier molecular flexibility index (Phi) is 6.70. The summed E-state index contributed by atoms with van der Waals surface area (Å²) in [6.45, 7) is 1.66. The normalized spacial score (nSPS) is 17.0. The fourth-order valence-corrected chi connectivity index (χ4v) is 4.14. The second-order valence-electron chi connectivity index (χ2n) is 7.75. The zero-order valence-electron chi connectivity index (χ0n) is 17.0. The summed E-state index contributed by atoms with van der Waals surface area (Å²) in [4.78, 5) is 6.35. The third kappa shape index (κ3) is 5.15. The lowest BCUT2D eigenvalue weighted by molar-refractivity contribution is 0.220. The fraction of sp³-hybridized carbons (Fsp3) is 0.292. The molecule has 0 radical (unpaired) electrons. The van der Waals surface area contributed by atoms with Gasteiger partial charge in [-0.05, 0) is 59.9 Å². The van der Waals surface area contributed by atoms with E-state index in [1.54, 1.807) is 18.2 Å². The standard InChI is InChI=1S/C24H25ClFN3O2/c25-19-4-1-16(2-5-19)24(31)18-3-7-22(17(13-18)10-12-30)29-11-9-21(15-29)28-23-8-6-20(26)14-27-23/h1-8,13-14,21,24,30-31H,9-12,15H2,(H,27,28). The molecular formula is C24H25ClFN3O2. The molecule has 5 nitrogen and oxygen atoms in total. The summed E-state index contributed by atoms with van der Waals surface area (Å²) in [5, 5.41) is 24.4. The van der Waals surface area contributed by atoms with Gasteiger partial charge < -0.3 is 20.4 Å². The van der Waals surface area contributed by atoms with Crippen LogP contribution in [0.15, 0.2) is 60.8 Å². The number of anilines is 2. The quantitative estimate of drug-likeness (QED) is 0.513. The summed E-state index contributed by atoms with van der Waals surface area (Å²) in [6.07, 6.45) is 1.87. The molecule has 1 aromatic heterocycles. The second kappa shape index (κ2) is 9.64. The van der Waals surface area contributed by atoms with Crippen molar-refractivity contribution in [3.05, 3.63) is 88.3 Å². The number of aromatic nitrogens is 1. The Hall–Kier alpha value is -2.67. The number of halogens is 2. The predicted octanol–water partition coefficient (Wildman–Crippen LogP) is 4.18. The molecule has 2 heterocycles. The molecule has 0 aliphatic carbocycles. The first-order chi connectivity index (χ1) is 15.0. The van der Waals surface area contributed by atoms with Crippen molar-refractivity contribution in [3.8, 4) is 0 Å². The molecule has 0 amide bonds. The highest BCUT2D eigenvalue weighted by molar-refractivity contribution is 6.30. The molecule has 162 valence electrons. The van der Waals surface area contributed by atoms with Crippen LogP contribution in [0.4, 0.5) is 15.9 Å². The number of hydrogen-bond acceptors (Lipinski definition) is 5. The van der Waals surface area contributed by atoms with Crippen LogP contribution < -0.4 is 10.2 Å². The van der Waals surface area contributed by atoms with Gasteiger partial charge in [0.2, 0.25) is 0 Å². The molecule has 0 spiro atoms. The van der Waals surface area contributed by atoms with Gasteiger partial charge in [0.05, 0.1) is 6.20 Å². The van der Waals surface area contributed by atoms with Crippen LogP contribution in [-0.4, -0.2) is 40.9 Å². The lowest BCUT2D eigenvalue weighted by atomic mass is 9.97. The highest BCUT2D eigenvalue weighted by Crippen LogP contribution is 2.31. The summed E-state index contributed by atoms with van der Waals surface area (Å²) in [7, 11) is 0. The van der Waals surface area contributed by atoms with Crippen LogP contribution in [0, 0.1) is 5.82 Å². The molecule has 31 heavy (non-hydrogen) atoms. The van der Waals surface area contributed by atoms with Gasteiger partial charge in [0.1, 0.15) is 17.7 Å². The smallest absolute Gasteiger partial charge is 0.141 e. The lowest BCUT2D eigenvalue weighted by Gasteiger charge is -2.24. The van der Waals surface area contributed by atoms with Crippen LogP contribution in [0.5, 0.6) is 0 Å². The zero-order valence-corrected chi connectivity index (χ0v) is 17.8. The van der Waals surface area contributed by atoms with Gasteiger partial charge in [0.15, 0.2) is 0 Å². The van der Waals surface area contributed by atoms with E-state index in [-0.39, 0.29) is 18.5 Å². The Balaban J connectivity index is 1.50. The van der Waals surface area contributed by atoms with E-state index < -0.39 is 6.10 Å². The van der Waals surface area contributed by atoms with Crippen LogP contribution in [0.25, 0.3) is 0 Å². The van der Waals surface area contributed by atoms with E-state index in [0.29, 0.717) is 17.3 Å². The first-order valence-electron chi connectivity index (χ1n) is 10.3. The topological polar surface area (TPSA) is 68.6 Å². The summed E-state index contributed by atoms with van der Waals surface area (Å²) >= 11 is 5.95. The number of hydrogen-bond donors (Lipinski definition) is 3. The minimum atomic E-state index is -0.763. The number of aliphatic hydroxyl groups is 2. The van der Waals surface area contributed by atoms with Crippen LogP contribution in [0.3, 0.4) is 0 Å². The minimum Gasteiger partial charge on any atom is -0.396 e. The average molecular weight is 442 g/mol. The number of rotatable bonds is 7. The van der Waals surface area contributed by atoms with E-state index in [0.717, 1.165) is 41.9 Å². The van der Waals surface area contributed by atoms with Gasteiger partial charge in [0, 0.05) is 36.4 Å². The van der Waals surface area contributed by atoms with Crippen molar-refractivity contribution < 1.29 is 14.6 Å². The molecule has 1 aliphatic heterocycles. The number of benzene rings is 2. The molecule has 0 saturated carbocycles. The molecule has 7 heteroatoms. The van der Waals surface area contributed by atoms with Crippen molar-refractivity contribution in [1.29, 1.82) is 0 Å². The molecule has 4 rings (SSSR count). The Bertz CT molecular complexity index is 1010. The van der Waals surface area contributed by atoms with Crippen molar-refractivity contribution in [3.63, 3.8) is 0 Å². The Morgan fingerprint density at radius 3 is 2.61 bits per heavy atom. The molecular weight excluding hydrogens is 417 g/mol. The van der Waals surface area contributed by atoms with Crippen molar-refractivity contribution in [1.82, 2.24) is 4.98 Å². The van der Waals surface area contributed by atoms with Crippen LogP contribution in [-0.2, 0) is 6.42 Å². The van der Waals surface area contributed by atoms with Crippen molar-refractivity contribution in [2.24, 2.45) is 0 Å². The van der Waals surface area contributed by atoms with E-state index in [4.69, 9.17) is 11.6 Å². The number of pyridine rings is 1. The average Bonchev–Trinajstić information content (AvgIpc) is 3.24. The lowest BCUT2D eigenvalue weighted by Crippen LogP contribution is -2.27. The van der Waals surface area contributed by atoms with Gasteiger partial charge in [-0.2, -0.15) is 0 Å². The monoisotopic (exact) mass is 441 g/mol. The largest absolute Gasteiger partial charge is 0.396 e. The molecule has 2 unspecified atom stereocenters. The maximum Gasteiger partial charge on any atom is 0.141 e. The molecule has 1 saturated heterocycles. The summed E-state index contributed by atoms with van der Waals surface area (Å²) < 4.78 is 13.1. The van der Waals surface area contributed by atoms with E-state index in [2.05, 4.69) is 15.2 Å². The predicted molar refractivity (Wildman–Crippen MR) is 121 cm³/mol. The fourth-order valence-electron chi connectivity index (χ4n) is 4.01. The third-order valence-corrected chi connectivity index (χ3v) is 5.85. The Morgan fingerprint density at radius 1 is 1.13 bits per heavy atom. The van der Waals surface area contributed by atoms with Crippen molar-refractivity contribution in [2.45, 2.75) is 25.0 Å². The zero-order chi connectivity index (χ0) is 21.8. The highest BCUT2D eigenvalue weighted by atomic mass is 35.5. The van der Waals surface area contributed by atoms with E-state index in [9.17, 15) is 14.6 Å². The van der Waals surface area contributed by atoms with Crippen molar-refractivity contribution >= 4 is 23.1 Å². The van der Waals surface area contributed by atoms with Gasteiger partial charge in [-0.3, -0.25) is 0 Å². The van der Waals surface area contributed by atoms with Gasteiger partial charge in [-0.25, -0.2) is 9.37 Å². The van der Waals surface area contributed by atoms with Crippen LogP contribution >= 0.6 is 11.6 Å². The molecule has 1 aliphatic rings. The molecule has 2 aromatic carbocycles. The van der Waals surface area contributed by atoms with E-state index in [1.165, 1.54) is 12.3 Å². The van der Waals surface area contributed by atoms with Crippen LogP contribution in [0.1, 0.15) is 29.2 Å². The maximum atomic E-state index is 13.1. The molecule has 1 fully saturated rings. The van der Waals surface area contributed by atoms with E-state index >= 15 is 0 Å². The summed E-state index contributed by atoms with van der Waals surface area (Å²) in [5.41, 5.74) is 3.59. The highest BCUT2D eigenvalue weighted by Gasteiger charge is 2.25. The van der Waals surface area contributed by atoms with E-state index in [1.807, 2.05) is 30.3 Å². The van der Waals surface area contributed by atoms with Crippen LogP contribution in [0.2, 0.25) is 5.02 Å². The minimum absolute atomic E-state index is 0.0303. The number of aliphatic hydroxyl groups excluding tert-OH is 2. The molecule has 2 atom stereocenters. The van der Waals surface area contributed by atoms with Gasteiger partial charge >= 0.3 is 0 Å². The number of nitrogens with zero attached hydrogens (tertiary/aromatic N) is 2. The maximum absolute atomic E-state index is 13.1.